The molecule has 1 aromatic carbocycles. The number of nitrogens with zero attached hydrogens (tertiary/aromatic N) is 3. The molecule has 130 valence electrons. The van der Waals surface area contributed by atoms with Crippen LogP contribution in [-0.2, 0) is 21.1 Å². The SMILES string of the molecule is CCOC(=O)c1ccc(S(C)(=O)=O)c(CN(C)C(C)=NC#N)c1Cl. The van der Waals surface area contributed by atoms with Gasteiger partial charge in [-0.1, -0.05) is 11.6 Å². The minimum Gasteiger partial charge on any atom is -0.462 e. The second kappa shape index (κ2) is 8.13. The lowest BCUT2D eigenvalue weighted by molar-refractivity contribution is 0.0526. The summed E-state index contributed by atoms with van der Waals surface area (Å²) in [5.74, 6) is -0.247. The van der Waals surface area contributed by atoms with E-state index in [0.717, 1.165) is 6.26 Å². The Morgan fingerprint density at radius 2 is 2.08 bits per heavy atom. The number of amidine groups is 1. The van der Waals surface area contributed by atoms with Crippen LogP contribution in [0.4, 0.5) is 0 Å². The highest BCUT2D eigenvalue weighted by atomic mass is 35.5. The molecular formula is C15H18ClN3O4S. The number of esters is 1. The van der Waals surface area contributed by atoms with E-state index in [-0.39, 0.29) is 34.2 Å². The summed E-state index contributed by atoms with van der Waals surface area (Å²) in [7, 11) is -1.93. The third-order valence-electron chi connectivity index (χ3n) is 3.25. The Kier molecular flexibility index (Phi) is 6.75. The quantitative estimate of drug-likeness (QED) is 0.340. The lowest BCUT2D eigenvalue weighted by atomic mass is 10.1. The van der Waals surface area contributed by atoms with Gasteiger partial charge in [0.25, 0.3) is 0 Å². The van der Waals surface area contributed by atoms with E-state index < -0.39 is 15.8 Å². The average Bonchev–Trinajstić information content (AvgIpc) is 2.48. The summed E-state index contributed by atoms with van der Waals surface area (Å²) < 4.78 is 29.0. The van der Waals surface area contributed by atoms with Crippen molar-refractivity contribution in [3.8, 4) is 6.19 Å². The van der Waals surface area contributed by atoms with E-state index in [9.17, 15) is 13.2 Å². The Labute approximate surface area is 146 Å². The highest BCUT2D eigenvalue weighted by molar-refractivity contribution is 7.90. The van der Waals surface area contributed by atoms with Crippen LogP contribution in [0, 0.1) is 11.5 Å². The fourth-order valence-electron chi connectivity index (χ4n) is 1.97. The van der Waals surface area contributed by atoms with Gasteiger partial charge in [0, 0.05) is 25.4 Å². The van der Waals surface area contributed by atoms with E-state index in [2.05, 4.69) is 4.99 Å². The van der Waals surface area contributed by atoms with Crippen molar-refractivity contribution < 1.29 is 17.9 Å². The van der Waals surface area contributed by atoms with Crippen molar-refractivity contribution in [3.05, 3.63) is 28.3 Å². The van der Waals surface area contributed by atoms with Crippen LogP contribution in [0.5, 0.6) is 0 Å². The molecule has 0 heterocycles. The van der Waals surface area contributed by atoms with E-state index in [1.165, 1.54) is 12.1 Å². The number of ether oxygens (including phenoxy) is 1. The van der Waals surface area contributed by atoms with Crippen LogP contribution in [0.25, 0.3) is 0 Å². The molecule has 0 aliphatic carbocycles. The third kappa shape index (κ3) is 4.69. The molecule has 0 N–H and O–H groups in total. The van der Waals surface area contributed by atoms with Gasteiger partial charge >= 0.3 is 5.97 Å². The summed E-state index contributed by atoms with van der Waals surface area (Å²) >= 11 is 6.28. The molecule has 0 aliphatic rings. The Balaban J connectivity index is 3.47. The summed E-state index contributed by atoms with van der Waals surface area (Å²) in [6.07, 6.45) is 2.72. The molecule has 0 saturated carbocycles. The molecule has 0 spiro atoms. The van der Waals surface area contributed by atoms with E-state index >= 15 is 0 Å². The topological polar surface area (TPSA) is 99.8 Å². The number of sulfone groups is 1. The van der Waals surface area contributed by atoms with Gasteiger partial charge in [0.15, 0.2) is 9.84 Å². The second-order valence-electron chi connectivity index (χ2n) is 5.01. The highest BCUT2D eigenvalue weighted by Gasteiger charge is 2.23. The van der Waals surface area contributed by atoms with Crippen molar-refractivity contribution >= 4 is 33.2 Å². The number of hydrogen-bond donors (Lipinski definition) is 0. The molecule has 9 heteroatoms. The van der Waals surface area contributed by atoms with Crippen LogP contribution < -0.4 is 0 Å². The van der Waals surface area contributed by atoms with Crippen molar-refractivity contribution in [2.75, 3.05) is 19.9 Å². The lowest BCUT2D eigenvalue weighted by Crippen LogP contribution is -2.25. The van der Waals surface area contributed by atoms with Gasteiger partial charge in [0.05, 0.1) is 22.1 Å². The lowest BCUT2D eigenvalue weighted by Gasteiger charge is -2.21. The minimum atomic E-state index is -3.56. The van der Waals surface area contributed by atoms with E-state index in [1.54, 1.807) is 32.0 Å². The smallest absolute Gasteiger partial charge is 0.339 e. The second-order valence-corrected chi connectivity index (χ2v) is 7.37. The van der Waals surface area contributed by atoms with Crippen LogP contribution in [0.2, 0.25) is 5.02 Å². The normalized spacial score (nSPS) is 11.8. The van der Waals surface area contributed by atoms with Gasteiger partial charge in [0.2, 0.25) is 6.19 Å². The molecule has 0 aromatic heterocycles. The number of aliphatic imine (C=N–C) groups is 1. The predicted octanol–water partition coefficient (Wildman–Crippen LogP) is 2.25. The summed E-state index contributed by atoms with van der Waals surface area (Å²) in [6.45, 7) is 3.50. The molecule has 0 unspecified atom stereocenters. The number of halogens is 1. The van der Waals surface area contributed by atoms with Crippen molar-refractivity contribution in [1.82, 2.24) is 4.90 Å². The molecule has 0 atom stereocenters. The van der Waals surface area contributed by atoms with E-state index in [0.29, 0.717) is 5.84 Å². The fourth-order valence-corrected chi connectivity index (χ4v) is 3.26. The zero-order chi connectivity index (χ0) is 18.5. The van der Waals surface area contributed by atoms with Crippen molar-refractivity contribution in [2.24, 2.45) is 4.99 Å². The number of carbonyl (C=O) groups excluding carboxylic acids is 1. The van der Waals surface area contributed by atoms with Gasteiger partial charge in [-0.2, -0.15) is 10.3 Å². The standard InChI is InChI=1S/C15H18ClN3O4S/c1-5-23-15(20)11-6-7-13(24(4,21)22)12(14(11)16)8-19(3)10(2)18-9-17/h6-7H,5,8H2,1-4H3. The number of benzene rings is 1. The monoisotopic (exact) mass is 371 g/mol. The highest BCUT2D eigenvalue weighted by Crippen LogP contribution is 2.29. The van der Waals surface area contributed by atoms with Gasteiger partial charge in [-0.05, 0) is 26.0 Å². The first-order valence-electron chi connectivity index (χ1n) is 6.96. The number of rotatable bonds is 5. The first-order chi connectivity index (χ1) is 11.1. The molecule has 0 saturated heterocycles. The van der Waals surface area contributed by atoms with Crippen molar-refractivity contribution in [1.29, 1.82) is 5.26 Å². The molecular weight excluding hydrogens is 354 g/mol. The molecule has 0 radical (unpaired) electrons. The molecule has 0 bridgehead atoms. The maximum Gasteiger partial charge on any atom is 0.339 e. The largest absolute Gasteiger partial charge is 0.462 e. The van der Waals surface area contributed by atoms with Gasteiger partial charge in [-0.15, -0.1) is 0 Å². The number of hydrogen-bond acceptors (Lipinski definition) is 6. The van der Waals surface area contributed by atoms with E-state index in [1.807, 2.05) is 0 Å². The van der Waals surface area contributed by atoms with Crippen LogP contribution in [0.1, 0.15) is 29.8 Å². The number of carbonyl (C=O) groups is 1. The minimum absolute atomic E-state index is 0.00739. The van der Waals surface area contributed by atoms with Crippen LogP contribution >= 0.6 is 11.6 Å². The summed E-state index contributed by atoms with van der Waals surface area (Å²) in [4.78, 5) is 17.1. The van der Waals surface area contributed by atoms with Crippen LogP contribution in [0.3, 0.4) is 0 Å². The summed E-state index contributed by atoms with van der Waals surface area (Å²) in [5, 5.41) is 8.63. The maximum absolute atomic E-state index is 12.0. The Morgan fingerprint density at radius 3 is 2.58 bits per heavy atom. The molecule has 0 fully saturated rings. The zero-order valence-electron chi connectivity index (χ0n) is 13.8. The first kappa shape index (κ1) is 19.9. The molecule has 0 amide bonds. The zero-order valence-corrected chi connectivity index (χ0v) is 15.4. The molecule has 1 rings (SSSR count). The molecule has 24 heavy (non-hydrogen) atoms. The fraction of sp³-hybridized carbons (Fsp3) is 0.400. The summed E-state index contributed by atoms with van der Waals surface area (Å²) in [6, 6.07) is 2.66. The van der Waals surface area contributed by atoms with Gasteiger partial charge in [0.1, 0.15) is 5.84 Å². The molecule has 1 aromatic rings. The maximum atomic E-state index is 12.0. The Hall–Kier alpha value is -2.11. The summed E-state index contributed by atoms with van der Waals surface area (Å²) in [5.41, 5.74) is 0.337. The average molecular weight is 372 g/mol. The molecule has 7 nitrogen and oxygen atoms in total. The third-order valence-corrected chi connectivity index (χ3v) is 4.87. The van der Waals surface area contributed by atoms with Gasteiger partial charge in [-0.25, -0.2) is 13.2 Å². The first-order valence-corrected chi connectivity index (χ1v) is 9.23. The van der Waals surface area contributed by atoms with Gasteiger partial charge in [-0.3, -0.25) is 0 Å². The Morgan fingerprint density at radius 1 is 1.46 bits per heavy atom. The van der Waals surface area contributed by atoms with E-state index in [4.69, 9.17) is 21.6 Å². The van der Waals surface area contributed by atoms with Crippen molar-refractivity contribution in [3.63, 3.8) is 0 Å². The van der Waals surface area contributed by atoms with Crippen LogP contribution in [0.15, 0.2) is 22.0 Å². The predicted molar refractivity (Wildman–Crippen MR) is 90.7 cm³/mol. The Bertz CT molecular complexity index is 813. The van der Waals surface area contributed by atoms with Crippen LogP contribution in [-0.4, -0.2) is 45.0 Å². The van der Waals surface area contributed by atoms with Crippen molar-refractivity contribution in [2.45, 2.75) is 25.3 Å². The molecule has 0 aliphatic heterocycles. The number of nitriles is 1. The van der Waals surface area contributed by atoms with Gasteiger partial charge < -0.3 is 9.64 Å².